The van der Waals surface area contributed by atoms with Crippen LogP contribution in [0.1, 0.15) is 10.6 Å². The van der Waals surface area contributed by atoms with Crippen LogP contribution in [0.2, 0.25) is 5.02 Å². The monoisotopic (exact) mass is 476 g/mol. The number of furan rings is 1. The summed E-state index contributed by atoms with van der Waals surface area (Å²) < 4.78 is 33.4. The van der Waals surface area contributed by atoms with Gasteiger partial charge in [-0.25, -0.2) is 8.42 Å². The number of sulfonamides is 1. The molecule has 0 atom stereocenters. The highest BCUT2D eigenvalue weighted by molar-refractivity contribution is 7.92. The van der Waals surface area contributed by atoms with E-state index in [1.807, 2.05) is 36.4 Å². The fraction of sp³-hybridized carbons (Fsp3) is 0. The molecule has 0 aliphatic heterocycles. The van der Waals surface area contributed by atoms with Crippen LogP contribution < -0.4 is 10.0 Å². The Morgan fingerprint density at radius 1 is 0.788 bits per heavy atom. The lowest BCUT2D eigenvalue weighted by atomic mass is 10.1. The van der Waals surface area contributed by atoms with Crippen LogP contribution in [-0.4, -0.2) is 14.3 Å². The number of carbonyl (C=O) groups is 1. The van der Waals surface area contributed by atoms with E-state index in [4.69, 9.17) is 16.0 Å². The summed E-state index contributed by atoms with van der Waals surface area (Å²) in [6, 6.07) is 25.6. The van der Waals surface area contributed by atoms with Crippen LogP contribution in [0, 0.1) is 0 Å². The molecule has 0 fully saturated rings. The molecule has 1 heterocycles. The minimum atomic E-state index is -3.79. The van der Waals surface area contributed by atoms with E-state index in [0.717, 1.165) is 16.2 Å². The number of hydrogen-bond acceptors (Lipinski definition) is 4. The van der Waals surface area contributed by atoms with E-state index in [-0.39, 0.29) is 10.7 Å². The first-order chi connectivity index (χ1) is 15.9. The fourth-order valence-electron chi connectivity index (χ4n) is 3.55. The van der Waals surface area contributed by atoms with Gasteiger partial charge in [0.25, 0.3) is 15.9 Å². The molecule has 33 heavy (non-hydrogen) atoms. The smallest absolute Gasteiger partial charge is 0.291 e. The molecule has 0 radical (unpaired) electrons. The lowest BCUT2D eigenvalue weighted by molar-refractivity contribution is 0.0998. The van der Waals surface area contributed by atoms with E-state index in [1.54, 1.807) is 30.3 Å². The predicted octanol–water partition coefficient (Wildman–Crippen LogP) is 6.29. The molecule has 5 aromatic rings. The average Bonchev–Trinajstić information content (AvgIpc) is 3.26. The summed E-state index contributed by atoms with van der Waals surface area (Å²) in [4.78, 5) is 12.8. The van der Waals surface area contributed by atoms with Crippen LogP contribution in [0.5, 0.6) is 0 Å². The Balaban J connectivity index is 1.34. The maximum atomic E-state index is 12.7. The van der Waals surface area contributed by atoms with E-state index < -0.39 is 15.9 Å². The van der Waals surface area contributed by atoms with E-state index in [2.05, 4.69) is 10.0 Å². The minimum absolute atomic E-state index is 0.0608. The van der Waals surface area contributed by atoms with Crippen molar-refractivity contribution in [3.05, 3.63) is 102 Å². The molecule has 1 amide bonds. The van der Waals surface area contributed by atoms with Gasteiger partial charge in [0.15, 0.2) is 5.76 Å². The van der Waals surface area contributed by atoms with Gasteiger partial charge in [-0.3, -0.25) is 9.52 Å². The molecule has 0 bridgehead atoms. The second-order valence-corrected chi connectivity index (χ2v) is 9.52. The summed E-state index contributed by atoms with van der Waals surface area (Å²) in [5.74, 6) is -0.257. The van der Waals surface area contributed by atoms with Crippen molar-refractivity contribution in [2.75, 3.05) is 10.0 Å². The van der Waals surface area contributed by atoms with Crippen molar-refractivity contribution >= 4 is 60.6 Å². The van der Waals surface area contributed by atoms with Crippen LogP contribution in [0.15, 0.2) is 100 Å². The van der Waals surface area contributed by atoms with Crippen LogP contribution in [0.25, 0.3) is 21.7 Å². The number of nitrogens with one attached hydrogen (secondary N) is 2. The SMILES string of the molecule is O=C(Nc1ccc(S(=O)(=O)Nc2ccc(Cl)cc2)cc1)c1cc2c(ccc3ccccc32)o1. The second kappa shape index (κ2) is 8.27. The van der Waals surface area contributed by atoms with Gasteiger partial charge in [0.05, 0.1) is 4.90 Å². The fourth-order valence-corrected chi connectivity index (χ4v) is 4.73. The molecule has 6 nitrogen and oxygen atoms in total. The molecule has 0 spiro atoms. The Morgan fingerprint density at radius 3 is 2.24 bits per heavy atom. The summed E-state index contributed by atoms with van der Waals surface area (Å²) in [7, 11) is -3.79. The van der Waals surface area contributed by atoms with Crippen molar-refractivity contribution in [2.24, 2.45) is 0 Å². The molecule has 5 rings (SSSR count). The van der Waals surface area contributed by atoms with E-state index >= 15 is 0 Å². The Kier molecular flexibility index (Phi) is 5.28. The number of rotatable bonds is 5. The van der Waals surface area contributed by atoms with Gasteiger partial charge in [0.2, 0.25) is 0 Å². The third-order valence-corrected chi connectivity index (χ3v) is 6.82. The quantitative estimate of drug-likeness (QED) is 0.312. The third-order valence-electron chi connectivity index (χ3n) is 5.17. The van der Waals surface area contributed by atoms with Gasteiger partial charge >= 0.3 is 0 Å². The van der Waals surface area contributed by atoms with Crippen molar-refractivity contribution in [1.82, 2.24) is 0 Å². The zero-order valence-electron chi connectivity index (χ0n) is 17.1. The topological polar surface area (TPSA) is 88.4 Å². The first kappa shape index (κ1) is 21.1. The molecule has 0 aliphatic carbocycles. The summed E-state index contributed by atoms with van der Waals surface area (Å²) in [5, 5.41) is 6.16. The average molecular weight is 477 g/mol. The maximum absolute atomic E-state index is 12.7. The van der Waals surface area contributed by atoms with Gasteiger partial charge < -0.3 is 9.73 Å². The van der Waals surface area contributed by atoms with E-state index in [9.17, 15) is 13.2 Å². The summed E-state index contributed by atoms with van der Waals surface area (Å²) >= 11 is 5.83. The number of benzene rings is 4. The summed E-state index contributed by atoms with van der Waals surface area (Å²) in [6.07, 6.45) is 0. The number of hydrogen-bond donors (Lipinski definition) is 2. The van der Waals surface area contributed by atoms with Crippen LogP contribution in [0.4, 0.5) is 11.4 Å². The van der Waals surface area contributed by atoms with Crippen molar-refractivity contribution in [2.45, 2.75) is 4.90 Å². The Labute approximate surface area is 194 Å². The van der Waals surface area contributed by atoms with E-state index in [0.29, 0.717) is 22.0 Å². The summed E-state index contributed by atoms with van der Waals surface area (Å²) in [5.41, 5.74) is 1.46. The Morgan fingerprint density at radius 2 is 1.48 bits per heavy atom. The lowest BCUT2D eigenvalue weighted by Crippen LogP contribution is -2.14. The largest absolute Gasteiger partial charge is 0.451 e. The molecule has 0 saturated carbocycles. The zero-order chi connectivity index (χ0) is 23.0. The van der Waals surface area contributed by atoms with Gasteiger partial charge in [-0.05, 0) is 71.4 Å². The van der Waals surface area contributed by atoms with Gasteiger partial charge in [-0.15, -0.1) is 0 Å². The van der Waals surface area contributed by atoms with Gasteiger partial charge in [-0.1, -0.05) is 41.9 Å². The zero-order valence-corrected chi connectivity index (χ0v) is 18.7. The Bertz CT molecular complexity index is 1590. The van der Waals surface area contributed by atoms with Crippen molar-refractivity contribution in [1.29, 1.82) is 0 Å². The molecule has 0 aliphatic rings. The molecule has 164 valence electrons. The van der Waals surface area contributed by atoms with Crippen LogP contribution in [0.3, 0.4) is 0 Å². The molecular formula is C25H17ClN2O4S. The minimum Gasteiger partial charge on any atom is -0.451 e. The molecule has 2 N–H and O–H groups in total. The predicted molar refractivity (Wildman–Crippen MR) is 130 cm³/mol. The van der Waals surface area contributed by atoms with Crippen LogP contribution in [-0.2, 0) is 10.0 Å². The van der Waals surface area contributed by atoms with Gasteiger partial charge in [0.1, 0.15) is 5.58 Å². The number of fused-ring (bicyclic) bond motifs is 3. The van der Waals surface area contributed by atoms with Crippen molar-refractivity contribution in [3.63, 3.8) is 0 Å². The Hall–Kier alpha value is -3.81. The molecular weight excluding hydrogens is 460 g/mol. The number of amides is 1. The standard InChI is InChI=1S/C25H17ClN2O4S/c26-17-6-8-19(9-7-17)28-33(30,31)20-12-10-18(11-13-20)27-25(29)24-15-22-21-4-2-1-3-16(21)5-14-23(22)32-24/h1-15,28H,(H,27,29). The normalized spacial score (nSPS) is 11.5. The van der Waals surface area contributed by atoms with Gasteiger partial charge in [-0.2, -0.15) is 0 Å². The number of carbonyl (C=O) groups excluding carboxylic acids is 1. The molecule has 4 aromatic carbocycles. The number of anilines is 2. The highest BCUT2D eigenvalue weighted by Crippen LogP contribution is 2.28. The summed E-state index contributed by atoms with van der Waals surface area (Å²) in [6.45, 7) is 0. The van der Waals surface area contributed by atoms with Crippen molar-refractivity contribution < 1.29 is 17.6 Å². The molecule has 1 aromatic heterocycles. The third kappa shape index (κ3) is 4.28. The second-order valence-electron chi connectivity index (χ2n) is 7.40. The molecule has 0 saturated heterocycles. The molecule has 8 heteroatoms. The van der Waals surface area contributed by atoms with Crippen molar-refractivity contribution in [3.8, 4) is 0 Å². The van der Waals surface area contributed by atoms with Crippen LogP contribution >= 0.6 is 11.6 Å². The first-order valence-corrected chi connectivity index (χ1v) is 11.9. The first-order valence-electron chi connectivity index (χ1n) is 10.0. The van der Waals surface area contributed by atoms with Gasteiger partial charge in [0, 0.05) is 21.8 Å². The van der Waals surface area contributed by atoms with E-state index in [1.165, 1.54) is 24.3 Å². The lowest BCUT2D eigenvalue weighted by Gasteiger charge is -2.09. The maximum Gasteiger partial charge on any atom is 0.291 e. The highest BCUT2D eigenvalue weighted by atomic mass is 35.5. The molecule has 0 unspecified atom stereocenters. The highest BCUT2D eigenvalue weighted by Gasteiger charge is 2.17. The number of halogens is 1.